The van der Waals surface area contributed by atoms with Gasteiger partial charge < -0.3 is 15.4 Å². The molecule has 1 aromatic carbocycles. The Morgan fingerprint density at radius 3 is 2.60 bits per heavy atom. The van der Waals surface area contributed by atoms with Crippen molar-refractivity contribution in [3.05, 3.63) is 45.9 Å². The first-order valence-electron chi connectivity index (χ1n) is 8.75. The molecule has 0 saturated carbocycles. The maximum Gasteiger partial charge on any atom is 0.191 e. The number of aromatic nitrogens is 1. The van der Waals surface area contributed by atoms with Crippen molar-refractivity contribution in [3.63, 3.8) is 0 Å². The maximum absolute atomic E-state index is 5.66. The summed E-state index contributed by atoms with van der Waals surface area (Å²) >= 11 is 1.69. The van der Waals surface area contributed by atoms with E-state index in [-0.39, 0.29) is 6.10 Å². The third kappa shape index (κ3) is 7.13. The van der Waals surface area contributed by atoms with E-state index in [1.807, 2.05) is 32.9 Å². The molecule has 2 N–H and O–H groups in total. The number of guanidine groups is 1. The minimum Gasteiger partial charge on any atom is -0.491 e. The second kappa shape index (κ2) is 10.0. The minimum absolute atomic E-state index is 0.190. The van der Waals surface area contributed by atoms with Gasteiger partial charge in [0.05, 0.1) is 23.4 Å². The molecule has 2 rings (SSSR count). The molecule has 0 amide bonds. The Bertz CT molecular complexity index is 664. The molecule has 136 valence electrons. The fourth-order valence-electron chi connectivity index (χ4n) is 2.29. The molecule has 0 aliphatic carbocycles. The van der Waals surface area contributed by atoms with Gasteiger partial charge in [-0.1, -0.05) is 12.1 Å². The first kappa shape index (κ1) is 19.2. The summed E-state index contributed by atoms with van der Waals surface area (Å²) in [6, 6.07) is 8.11. The van der Waals surface area contributed by atoms with E-state index in [4.69, 9.17) is 4.74 Å². The van der Waals surface area contributed by atoms with Crippen molar-refractivity contribution in [2.45, 2.75) is 46.8 Å². The summed E-state index contributed by atoms with van der Waals surface area (Å²) in [6.45, 7) is 10.4. The lowest BCUT2D eigenvalue weighted by molar-refractivity contribution is 0.242. The largest absolute Gasteiger partial charge is 0.491 e. The van der Waals surface area contributed by atoms with Crippen LogP contribution in [-0.4, -0.2) is 30.1 Å². The monoisotopic (exact) mass is 360 g/mol. The fourth-order valence-corrected chi connectivity index (χ4v) is 2.94. The molecular formula is C19H28N4OS. The van der Waals surface area contributed by atoms with Crippen LogP contribution in [0.5, 0.6) is 5.75 Å². The van der Waals surface area contributed by atoms with E-state index in [0.717, 1.165) is 47.5 Å². The van der Waals surface area contributed by atoms with Crippen LogP contribution in [0.2, 0.25) is 0 Å². The van der Waals surface area contributed by atoms with E-state index in [9.17, 15) is 0 Å². The van der Waals surface area contributed by atoms with Crippen molar-refractivity contribution >= 4 is 17.3 Å². The first-order valence-corrected chi connectivity index (χ1v) is 9.63. The number of hydrogen-bond donors (Lipinski definition) is 2. The quantitative estimate of drug-likeness (QED) is 0.558. The third-order valence-electron chi connectivity index (χ3n) is 3.40. The van der Waals surface area contributed by atoms with Gasteiger partial charge in [-0.3, -0.25) is 0 Å². The summed E-state index contributed by atoms with van der Waals surface area (Å²) in [7, 11) is 0. The molecule has 0 spiro atoms. The van der Waals surface area contributed by atoms with Crippen LogP contribution >= 0.6 is 11.3 Å². The first-order chi connectivity index (χ1) is 12.1. The summed E-state index contributed by atoms with van der Waals surface area (Å²) in [4.78, 5) is 9.13. The van der Waals surface area contributed by atoms with Crippen LogP contribution in [0.1, 0.15) is 37.0 Å². The van der Waals surface area contributed by atoms with Crippen molar-refractivity contribution in [2.24, 2.45) is 4.99 Å². The zero-order valence-corrected chi connectivity index (χ0v) is 16.3. The topological polar surface area (TPSA) is 58.5 Å². The molecule has 6 heteroatoms. The second-order valence-electron chi connectivity index (χ2n) is 6.04. The Morgan fingerprint density at radius 1 is 1.24 bits per heavy atom. The van der Waals surface area contributed by atoms with Gasteiger partial charge in [0.1, 0.15) is 5.75 Å². The second-order valence-corrected chi connectivity index (χ2v) is 7.10. The highest BCUT2D eigenvalue weighted by molar-refractivity contribution is 7.09. The smallest absolute Gasteiger partial charge is 0.191 e. The molecule has 0 aliphatic heterocycles. The van der Waals surface area contributed by atoms with E-state index in [2.05, 4.69) is 45.0 Å². The maximum atomic E-state index is 5.66. The van der Waals surface area contributed by atoms with Gasteiger partial charge in [-0.25, -0.2) is 9.98 Å². The summed E-state index contributed by atoms with van der Waals surface area (Å²) < 4.78 is 5.66. The highest BCUT2D eigenvalue weighted by Gasteiger charge is 2.02. The van der Waals surface area contributed by atoms with E-state index in [1.54, 1.807) is 11.3 Å². The van der Waals surface area contributed by atoms with Crippen molar-refractivity contribution in [2.75, 3.05) is 13.1 Å². The molecule has 0 aliphatic rings. The Balaban J connectivity index is 1.85. The van der Waals surface area contributed by atoms with Crippen LogP contribution in [0, 0.1) is 6.92 Å². The van der Waals surface area contributed by atoms with Gasteiger partial charge in [-0.15, -0.1) is 11.3 Å². The lowest BCUT2D eigenvalue weighted by Gasteiger charge is -2.11. The number of benzene rings is 1. The van der Waals surface area contributed by atoms with Gasteiger partial charge in [-0.05, 0) is 45.4 Å². The number of ether oxygens (including phenoxy) is 1. The van der Waals surface area contributed by atoms with E-state index < -0.39 is 0 Å². The Morgan fingerprint density at radius 2 is 2.00 bits per heavy atom. The van der Waals surface area contributed by atoms with Crippen LogP contribution in [0.25, 0.3) is 0 Å². The highest BCUT2D eigenvalue weighted by atomic mass is 32.1. The summed E-state index contributed by atoms with van der Waals surface area (Å²) in [5.74, 6) is 1.73. The molecule has 1 heterocycles. The lowest BCUT2D eigenvalue weighted by atomic mass is 10.2. The molecule has 5 nitrogen and oxygen atoms in total. The molecule has 0 bridgehead atoms. The van der Waals surface area contributed by atoms with Crippen molar-refractivity contribution in [1.82, 2.24) is 15.6 Å². The summed E-state index contributed by atoms with van der Waals surface area (Å²) in [5.41, 5.74) is 2.29. The molecule has 0 unspecified atom stereocenters. The van der Waals surface area contributed by atoms with Crippen LogP contribution in [0.4, 0.5) is 0 Å². The predicted molar refractivity (Wildman–Crippen MR) is 106 cm³/mol. The van der Waals surface area contributed by atoms with Gasteiger partial charge in [0.15, 0.2) is 5.96 Å². The average molecular weight is 361 g/mol. The SMILES string of the molecule is CCNC(=NCc1ccc(OC(C)C)cc1)NCCc1csc(C)n1. The van der Waals surface area contributed by atoms with Crippen LogP contribution in [-0.2, 0) is 13.0 Å². The van der Waals surface area contributed by atoms with Gasteiger partial charge in [0, 0.05) is 24.9 Å². The van der Waals surface area contributed by atoms with Gasteiger partial charge in [0.2, 0.25) is 0 Å². The number of aliphatic imine (C=N–C) groups is 1. The van der Waals surface area contributed by atoms with Crippen molar-refractivity contribution < 1.29 is 4.74 Å². The van der Waals surface area contributed by atoms with E-state index in [0.29, 0.717) is 6.54 Å². The van der Waals surface area contributed by atoms with Gasteiger partial charge >= 0.3 is 0 Å². The Kier molecular flexibility index (Phi) is 7.73. The van der Waals surface area contributed by atoms with E-state index >= 15 is 0 Å². The zero-order valence-electron chi connectivity index (χ0n) is 15.5. The summed E-state index contributed by atoms with van der Waals surface area (Å²) in [5, 5.41) is 9.87. The number of nitrogens with zero attached hydrogens (tertiary/aromatic N) is 2. The summed E-state index contributed by atoms with van der Waals surface area (Å²) in [6.07, 6.45) is 1.09. The molecule has 0 atom stereocenters. The molecule has 25 heavy (non-hydrogen) atoms. The van der Waals surface area contributed by atoms with Crippen LogP contribution in [0.15, 0.2) is 34.6 Å². The van der Waals surface area contributed by atoms with Crippen molar-refractivity contribution in [1.29, 1.82) is 0 Å². The Labute approximate surface area is 154 Å². The minimum atomic E-state index is 0.190. The number of thiazole rings is 1. The molecule has 0 fully saturated rings. The van der Waals surface area contributed by atoms with Gasteiger partial charge in [-0.2, -0.15) is 0 Å². The molecule has 0 radical (unpaired) electrons. The highest BCUT2D eigenvalue weighted by Crippen LogP contribution is 2.14. The molecule has 2 aromatic rings. The number of aryl methyl sites for hydroxylation is 1. The molecule has 0 saturated heterocycles. The fraction of sp³-hybridized carbons (Fsp3) is 0.474. The lowest BCUT2D eigenvalue weighted by Crippen LogP contribution is -2.38. The van der Waals surface area contributed by atoms with Crippen molar-refractivity contribution in [3.8, 4) is 5.75 Å². The average Bonchev–Trinajstić information content (AvgIpc) is 2.99. The number of nitrogens with one attached hydrogen (secondary N) is 2. The normalized spacial score (nSPS) is 11.6. The molecule has 1 aromatic heterocycles. The Hall–Kier alpha value is -2.08. The van der Waals surface area contributed by atoms with Crippen LogP contribution in [0.3, 0.4) is 0 Å². The predicted octanol–water partition coefficient (Wildman–Crippen LogP) is 3.54. The van der Waals surface area contributed by atoms with Gasteiger partial charge in [0.25, 0.3) is 0 Å². The van der Waals surface area contributed by atoms with Crippen LogP contribution < -0.4 is 15.4 Å². The molecular weight excluding hydrogens is 332 g/mol. The standard InChI is InChI=1S/C19H28N4OS/c1-5-20-19(21-11-10-17-13-25-15(4)23-17)22-12-16-6-8-18(9-7-16)24-14(2)3/h6-9,13-14H,5,10-12H2,1-4H3,(H2,20,21,22). The number of rotatable bonds is 8. The van der Waals surface area contributed by atoms with E-state index in [1.165, 1.54) is 0 Å². The number of hydrogen-bond acceptors (Lipinski definition) is 4. The third-order valence-corrected chi connectivity index (χ3v) is 4.22. The zero-order chi connectivity index (χ0) is 18.1.